The Bertz CT molecular complexity index is 398. The molecule has 15 heavy (non-hydrogen) atoms. The van der Waals surface area contributed by atoms with Crippen molar-refractivity contribution in [2.75, 3.05) is 0 Å². The summed E-state index contributed by atoms with van der Waals surface area (Å²) in [5.41, 5.74) is 0. The zero-order valence-electron chi connectivity index (χ0n) is 9.27. The molecule has 0 amide bonds. The zero-order chi connectivity index (χ0) is 11.5. The van der Waals surface area contributed by atoms with Gasteiger partial charge in [0, 0.05) is 6.04 Å². The largest absolute Gasteiger partial charge is 0.299 e. The van der Waals surface area contributed by atoms with Gasteiger partial charge in [0.05, 0.1) is 4.90 Å². The lowest BCUT2D eigenvalue weighted by atomic mass is 10.4. The second kappa shape index (κ2) is 4.77. The molecule has 1 atom stereocenters. The third-order valence-electron chi connectivity index (χ3n) is 2.11. The minimum Gasteiger partial charge on any atom is -0.299 e. The highest BCUT2D eigenvalue weighted by Gasteiger charge is 2.22. The van der Waals surface area contributed by atoms with Gasteiger partial charge in [-0.25, -0.2) is 8.42 Å². The average Bonchev–Trinajstić information content (AvgIpc) is 2.18. The fraction of sp³-hybridized carbons (Fsp3) is 0.455. The highest BCUT2D eigenvalue weighted by molar-refractivity contribution is 7.92. The highest BCUT2D eigenvalue weighted by Crippen LogP contribution is 2.13. The van der Waals surface area contributed by atoms with E-state index in [1.807, 2.05) is 13.8 Å². The van der Waals surface area contributed by atoms with Crippen LogP contribution in [0.25, 0.3) is 0 Å². The normalized spacial score (nSPS) is 14.1. The molecule has 3 nitrogen and oxygen atoms in total. The summed E-state index contributed by atoms with van der Waals surface area (Å²) >= 11 is 0. The molecule has 0 spiro atoms. The Labute approximate surface area is 91.4 Å². The second-order valence-corrected chi connectivity index (χ2v) is 6.09. The Morgan fingerprint density at radius 3 is 2.07 bits per heavy atom. The number of rotatable bonds is 4. The van der Waals surface area contributed by atoms with Crippen LogP contribution >= 0.6 is 0 Å². The molecule has 1 aromatic carbocycles. The van der Waals surface area contributed by atoms with E-state index in [4.69, 9.17) is 0 Å². The van der Waals surface area contributed by atoms with Crippen molar-refractivity contribution in [3.05, 3.63) is 30.3 Å². The van der Waals surface area contributed by atoms with Crippen LogP contribution in [0, 0.1) is 0 Å². The molecule has 0 bridgehead atoms. The molecule has 4 heteroatoms. The Kier molecular flexibility index (Phi) is 3.88. The minimum absolute atomic E-state index is 0.151. The molecule has 1 N–H and O–H groups in total. The minimum atomic E-state index is -3.25. The van der Waals surface area contributed by atoms with Crippen molar-refractivity contribution in [2.24, 2.45) is 0 Å². The quantitative estimate of drug-likeness (QED) is 0.853. The average molecular weight is 227 g/mol. The van der Waals surface area contributed by atoms with Crippen LogP contribution < -0.4 is 5.32 Å². The maximum atomic E-state index is 12.0. The SMILES string of the molecule is CC(C)NC(C)S(=O)(=O)c1ccccc1. The lowest BCUT2D eigenvalue weighted by molar-refractivity contribution is 0.529. The summed E-state index contributed by atoms with van der Waals surface area (Å²) in [6, 6.07) is 8.66. The summed E-state index contributed by atoms with van der Waals surface area (Å²) in [5.74, 6) is 0. The Morgan fingerprint density at radius 1 is 1.07 bits per heavy atom. The van der Waals surface area contributed by atoms with Gasteiger partial charge in [0.1, 0.15) is 5.37 Å². The molecule has 0 aromatic heterocycles. The fourth-order valence-electron chi connectivity index (χ4n) is 1.37. The van der Waals surface area contributed by atoms with Crippen molar-refractivity contribution >= 4 is 9.84 Å². The summed E-state index contributed by atoms with van der Waals surface area (Å²) < 4.78 is 24.0. The first kappa shape index (κ1) is 12.2. The van der Waals surface area contributed by atoms with Gasteiger partial charge in [-0.1, -0.05) is 18.2 Å². The van der Waals surface area contributed by atoms with Crippen molar-refractivity contribution in [2.45, 2.75) is 37.1 Å². The van der Waals surface area contributed by atoms with Gasteiger partial charge in [0.15, 0.2) is 9.84 Å². The Hall–Kier alpha value is -0.870. The number of nitrogens with one attached hydrogen (secondary N) is 1. The third kappa shape index (κ3) is 3.04. The predicted molar refractivity (Wildman–Crippen MR) is 61.4 cm³/mol. The molecular formula is C11H17NO2S. The molecule has 0 fully saturated rings. The highest BCUT2D eigenvalue weighted by atomic mass is 32.2. The van der Waals surface area contributed by atoms with Crippen LogP contribution in [0.1, 0.15) is 20.8 Å². The molecule has 0 heterocycles. The van der Waals surface area contributed by atoms with Crippen LogP contribution in [0.4, 0.5) is 0 Å². The van der Waals surface area contributed by atoms with Crippen LogP contribution in [0.3, 0.4) is 0 Å². The van der Waals surface area contributed by atoms with Gasteiger partial charge >= 0.3 is 0 Å². The third-order valence-corrected chi connectivity index (χ3v) is 4.10. The van der Waals surface area contributed by atoms with E-state index in [9.17, 15) is 8.42 Å². The smallest absolute Gasteiger partial charge is 0.193 e. The standard InChI is InChI=1S/C11H17NO2S/c1-9(2)12-10(3)15(13,14)11-7-5-4-6-8-11/h4-10,12H,1-3H3. The van der Waals surface area contributed by atoms with Gasteiger partial charge in [-0.05, 0) is 32.9 Å². The fourth-order valence-corrected chi connectivity index (χ4v) is 2.77. The van der Waals surface area contributed by atoms with E-state index < -0.39 is 15.2 Å². The summed E-state index contributed by atoms with van der Waals surface area (Å²) in [4.78, 5) is 0.366. The monoisotopic (exact) mass is 227 g/mol. The topological polar surface area (TPSA) is 46.2 Å². The molecule has 0 aliphatic carbocycles. The maximum absolute atomic E-state index is 12.0. The molecule has 1 aromatic rings. The van der Waals surface area contributed by atoms with Crippen LogP contribution in [0.15, 0.2) is 35.2 Å². The summed E-state index contributed by atoms with van der Waals surface area (Å²) in [6.07, 6.45) is 0. The van der Waals surface area contributed by atoms with Crippen LogP contribution in [0.2, 0.25) is 0 Å². The van der Waals surface area contributed by atoms with E-state index in [1.54, 1.807) is 37.3 Å². The van der Waals surface area contributed by atoms with Gasteiger partial charge in [-0.3, -0.25) is 5.32 Å². The Morgan fingerprint density at radius 2 is 1.60 bits per heavy atom. The first-order valence-electron chi connectivity index (χ1n) is 4.99. The summed E-state index contributed by atoms with van der Waals surface area (Å²) in [5, 5.41) is 2.44. The zero-order valence-corrected chi connectivity index (χ0v) is 10.1. The molecule has 0 aliphatic heterocycles. The van der Waals surface area contributed by atoms with Crippen LogP contribution in [0.5, 0.6) is 0 Å². The second-order valence-electron chi connectivity index (χ2n) is 3.82. The first-order valence-corrected chi connectivity index (χ1v) is 6.54. The van der Waals surface area contributed by atoms with E-state index in [0.717, 1.165) is 0 Å². The Balaban J connectivity index is 2.94. The van der Waals surface area contributed by atoms with Crippen LogP contribution in [-0.4, -0.2) is 19.8 Å². The number of hydrogen-bond acceptors (Lipinski definition) is 3. The molecule has 0 saturated carbocycles. The van der Waals surface area contributed by atoms with Crippen LogP contribution in [-0.2, 0) is 9.84 Å². The summed E-state index contributed by atoms with van der Waals surface area (Å²) in [6.45, 7) is 5.52. The van der Waals surface area contributed by atoms with E-state index in [0.29, 0.717) is 4.90 Å². The van der Waals surface area contributed by atoms with E-state index in [1.165, 1.54) is 0 Å². The van der Waals surface area contributed by atoms with Gasteiger partial charge in [-0.2, -0.15) is 0 Å². The molecule has 1 rings (SSSR count). The van der Waals surface area contributed by atoms with E-state index in [-0.39, 0.29) is 6.04 Å². The number of sulfone groups is 1. The van der Waals surface area contributed by atoms with Crippen molar-refractivity contribution in [1.29, 1.82) is 0 Å². The van der Waals surface area contributed by atoms with Gasteiger partial charge in [0.2, 0.25) is 0 Å². The lowest BCUT2D eigenvalue weighted by Crippen LogP contribution is -2.38. The predicted octanol–water partition coefficient (Wildman–Crippen LogP) is 1.80. The van der Waals surface area contributed by atoms with Crippen molar-refractivity contribution < 1.29 is 8.42 Å². The molecule has 84 valence electrons. The van der Waals surface area contributed by atoms with Crippen molar-refractivity contribution in [1.82, 2.24) is 5.32 Å². The van der Waals surface area contributed by atoms with E-state index >= 15 is 0 Å². The first-order chi connectivity index (χ1) is 6.94. The molecule has 0 aliphatic rings. The van der Waals surface area contributed by atoms with Crippen molar-refractivity contribution in [3.63, 3.8) is 0 Å². The summed E-state index contributed by atoms with van der Waals surface area (Å²) in [7, 11) is -3.25. The van der Waals surface area contributed by atoms with Gasteiger partial charge in [0.25, 0.3) is 0 Å². The molecule has 1 unspecified atom stereocenters. The van der Waals surface area contributed by atoms with Crippen molar-refractivity contribution in [3.8, 4) is 0 Å². The molecular weight excluding hydrogens is 210 g/mol. The van der Waals surface area contributed by atoms with Gasteiger partial charge in [-0.15, -0.1) is 0 Å². The van der Waals surface area contributed by atoms with Gasteiger partial charge < -0.3 is 0 Å². The number of hydrogen-bond donors (Lipinski definition) is 1. The maximum Gasteiger partial charge on any atom is 0.193 e. The lowest BCUT2D eigenvalue weighted by Gasteiger charge is -2.17. The number of benzene rings is 1. The van der Waals surface area contributed by atoms with E-state index in [2.05, 4.69) is 5.32 Å². The molecule has 0 radical (unpaired) electrons. The molecule has 0 saturated heterocycles.